The fraction of sp³-hybridized carbons (Fsp3) is 0.488. The number of aromatic nitrogens is 3. The first-order valence-corrected chi connectivity index (χ1v) is 19.0. The second-order valence-electron chi connectivity index (χ2n) is 15.8. The number of anilines is 1. The van der Waals surface area contributed by atoms with Gasteiger partial charge in [-0.25, -0.2) is 9.97 Å². The van der Waals surface area contributed by atoms with Gasteiger partial charge in [-0.3, -0.25) is 9.78 Å². The Morgan fingerprint density at radius 2 is 1.66 bits per heavy atom. The Kier molecular flexibility index (Phi) is 12.1. The molecule has 0 spiro atoms. The summed E-state index contributed by atoms with van der Waals surface area (Å²) in [5.41, 5.74) is 10.8. The lowest BCUT2D eigenvalue weighted by atomic mass is 9.85. The van der Waals surface area contributed by atoms with Crippen LogP contribution in [0.15, 0.2) is 48.8 Å². The van der Waals surface area contributed by atoms with Gasteiger partial charge in [-0.2, -0.15) is 0 Å². The minimum Gasteiger partial charge on any atom is -0.493 e. The predicted molar refractivity (Wildman–Crippen MR) is 208 cm³/mol. The Hall–Kier alpha value is -4.38. The van der Waals surface area contributed by atoms with E-state index in [4.69, 9.17) is 19.6 Å². The van der Waals surface area contributed by atoms with Crippen molar-refractivity contribution < 1.29 is 24.5 Å². The highest BCUT2D eigenvalue weighted by Crippen LogP contribution is 2.42. The quantitative estimate of drug-likeness (QED) is 0.187. The lowest BCUT2D eigenvalue weighted by molar-refractivity contribution is -0.136. The summed E-state index contributed by atoms with van der Waals surface area (Å²) < 4.78 is 11.6. The molecule has 0 amide bonds. The van der Waals surface area contributed by atoms with Crippen LogP contribution in [0.3, 0.4) is 0 Å². The number of pyridine rings is 1. The van der Waals surface area contributed by atoms with Gasteiger partial charge in [0.2, 0.25) is 0 Å². The maximum Gasteiger partial charge on any atom is 0.307 e. The highest BCUT2D eigenvalue weighted by Gasteiger charge is 2.27. The van der Waals surface area contributed by atoms with E-state index in [1.54, 1.807) is 27.1 Å². The minimum atomic E-state index is -0.858. The molecule has 0 unspecified atom stereocenters. The molecule has 2 aromatic heterocycles. The first kappa shape index (κ1) is 38.3. The zero-order chi connectivity index (χ0) is 37.7. The molecule has 2 N–H and O–H groups in total. The molecule has 1 saturated heterocycles. The maximum atomic E-state index is 12.3. The highest BCUT2D eigenvalue weighted by atomic mass is 16.5. The Morgan fingerprint density at radius 1 is 0.943 bits per heavy atom. The van der Waals surface area contributed by atoms with Gasteiger partial charge in [-0.15, -0.1) is 0 Å². The topological polar surface area (TPSA) is 121 Å². The van der Waals surface area contributed by atoms with Crippen LogP contribution in [0.5, 0.6) is 5.75 Å². The molecular formula is C43H55N5O5. The molecule has 0 radical (unpaired) electrons. The van der Waals surface area contributed by atoms with Crippen molar-refractivity contribution in [2.24, 2.45) is 5.92 Å². The number of benzene rings is 2. The number of hydrogen-bond donors (Lipinski definition) is 2. The predicted octanol–water partition coefficient (Wildman–Crippen LogP) is 6.97. The summed E-state index contributed by atoms with van der Waals surface area (Å²) >= 11 is 0. The Morgan fingerprint density at radius 3 is 2.40 bits per heavy atom. The summed E-state index contributed by atoms with van der Waals surface area (Å²) in [4.78, 5) is 31.1. The zero-order valence-electron chi connectivity index (χ0n) is 32.2. The standard InChI is InChI=1S/C39H45N5O4.C4H10O/c1-25-17-36(41-24-40-25)44-13-10-28-18-31(6-7-32(28)22-44)39-34(23-43(3)21-27-11-15-47-16-12-27)42-26(2)33(20-37(45)46)38(39)30-8-9-35-29(19-30)5-4-14-48-35;1-4(2,3)5/h6-9,17-19,24,27H,4-5,10-16,20-23H2,1-3H3,(H,45,46);5H,1-3H3. The molecule has 0 saturated carbocycles. The van der Waals surface area contributed by atoms with E-state index in [0.717, 1.165) is 128 Å². The first-order chi connectivity index (χ1) is 25.3. The number of carbonyl (C=O) groups is 1. The number of aliphatic hydroxyl groups is 1. The molecule has 53 heavy (non-hydrogen) atoms. The molecule has 282 valence electrons. The number of fused-ring (bicyclic) bond motifs is 2. The normalized spacial score (nSPS) is 16.0. The fourth-order valence-corrected chi connectivity index (χ4v) is 7.64. The molecule has 10 nitrogen and oxygen atoms in total. The SMILES string of the molecule is CC(C)(C)O.Cc1cc(N2CCc3cc(-c4c(CN(C)CC5CCOCC5)nc(C)c(CC(=O)O)c4-c4ccc5c(c4)CCCO5)ccc3C2)ncn1. The molecule has 5 heterocycles. The van der Waals surface area contributed by atoms with Gasteiger partial charge in [0.25, 0.3) is 0 Å². The summed E-state index contributed by atoms with van der Waals surface area (Å²) in [6.07, 6.45) is 6.48. The van der Waals surface area contributed by atoms with Crippen molar-refractivity contribution in [2.45, 2.75) is 91.8 Å². The van der Waals surface area contributed by atoms with Gasteiger partial charge >= 0.3 is 5.97 Å². The Balaban J connectivity index is 0.000000902. The van der Waals surface area contributed by atoms with Gasteiger partial charge in [-0.1, -0.05) is 24.3 Å². The largest absolute Gasteiger partial charge is 0.493 e. The van der Waals surface area contributed by atoms with Gasteiger partial charge in [0.15, 0.2) is 0 Å². The van der Waals surface area contributed by atoms with E-state index in [-0.39, 0.29) is 6.42 Å². The van der Waals surface area contributed by atoms with Crippen LogP contribution < -0.4 is 9.64 Å². The Bertz CT molecular complexity index is 1910. The van der Waals surface area contributed by atoms with Gasteiger partial charge in [0.1, 0.15) is 17.9 Å². The van der Waals surface area contributed by atoms with E-state index in [9.17, 15) is 9.90 Å². The number of rotatable bonds is 9. The number of nitrogens with zero attached hydrogens (tertiary/aromatic N) is 5. The number of carboxylic acids is 1. The molecule has 3 aliphatic rings. The average molecular weight is 722 g/mol. The monoisotopic (exact) mass is 721 g/mol. The molecule has 2 aromatic carbocycles. The van der Waals surface area contributed by atoms with Crippen molar-refractivity contribution in [3.8, 4) is 28.0 Å². The van der Waals surface area contributed by atoms with Gasteiger partial charge in [-0.05, 0) is 131 Å². The second kappa shape index (κ2) is 16.7. The number of carboxylic acid groups (broad SMARTS) is 1. The van der Waals surface area contributed by atoms with Crippen LogP contribution in [0.2, 0.25) is 0 Å². The zero-order valence-corrected chi connectivity index (χ0v) is 32.2. The smallest absolute Gasteiger partial charge is 0.307 e. The van der Waals surface area contributed by atoms with E-state index < -0.39 is 11.6 Å². The number of aliphatic carboxylic acids is 1. The first-order valence-electron chi connectivity index (χ1n) is 19.0. The van der Waals surface area contributed by atoms with Crippen LogP contribution in [0, 0.1) is 19.8 Å². The van der Waals surface area contributed by atoms with E-state index in [2.05, 4.69) is 63.2 Å². The van der Waals surface area contributed by atoms with Crippen molar-refractivity contribution in [1.29, 1.82) is 0 Å². The van der Waals surface area contributed by atoms with E-state index in [0.29, 0.717) is 12.5 Å². The van der Waals surface area contributed by atoms with Crippen molar-refractivity contribution in [3.05, 3.63) is 88.1 Å². The van der Waals surface area contributed by atoms with E-state index in [1.165, 1.54) is 16.7 Å². The van der Waals surface area contributed by atoms with Crippen molar-refractivity contribution >= 4 is 11.8 Å². The lowest BCUT2D eigenvalue weighted by Crippen LogP contribution is -2.31. The number of hydrogen-bond acceptors (Lipinski definition) is 9. The maximum absolute atomic E-state index is 12.3. The van der Waals surface area contributed by atoms with Crippen molar-refractivity contribution in [2.75, 3.05) is 44.9 Å². The second-order valence-corrected chi connectivity index (χ2v) is 15.8. The molecule has 10 heteroatoms. The fourth-order valence-electron chi connectivity index (χ4n) is 7.64. The average Bonchev–Trinajstić information content (AvgIpc) is 3.11. The van der Waals surface area contributed by atoms with E-state index >= 15 is 0 Å². The minimum absolute atomic E-state index is 0.0921. The third-order valence-electron chi connectivity index (χ3n) is 10.1. The van der Waals surface area contributed by atoms with E-state index in [1.807, 2.05) is 19.9 Å². The third-order valence-corrected chi connectivity index (χ3v) is 10.1. The molecule has 0 bridgehead atoms. The van der Waals surface area contributed by atoms with Gasteiger partial charge < -0.3 is 29.5 Å². The summed E-state index contributed by atoms with van der Waals surface area (Å²) in [5, 5.41) is 18.6. The van der Waals surface area contributed by atoms with Crippen LogP contribution in [0.1, 0.15) is 79.4 Å². The molecule has 3 aliphatic heterocycles. The van der Waals surface area contributed by atoms with Gasteiger partial charge in [0, 0.05) is 62.4 Å². The summed E-state index contributed by atoms with van der Waals surface area (Å²) in [7, 11) is 2.17. The molecule has 0 aliphatic carbocycles. The van der Waals surface area contributed by atoms with Crippen molar-refractivity contribution in [3.63, 3.8) is 0 Å². The molecule has 4 aromatic rings. The summed E-state index contributed by atoms with van der Waals surface area (Å²) in [6.45, 7) is 14.8. The van der Waals surface area contributed by atoms with Crippen LogP contribution >= 0.6 is 0 Å². The van der Waals surface area contributed by atoms with Crippen LogP contribution in [0.25, 0.3) is 22.3 Å². The molecule has 1 fully saturated rings. The van der Waals surface area contributed by atoms with Crippen molar-refractivity contribution in [1.82, 2.24) is 19.9 Å². The Labute approximate surface area is 314 Å². The molecule has 7 rings (SSSR count). The summed E-state index contributed by atoms with van der Waals surface area (Å²) in [5.74, 6) is 1.60. The van der Waals surface area contributed by atoms with Crippen LogP contribution in [-0.4, -0.2) is 81.6 Å². The summed E-state index contributed by atoms with van der Waals surface area (Å²) in [6, 6.07) is 15.2. The molecule has 0 atom stereocenters. The lowest BCUT2D eigenvalue weighted by Gasteiger charge is -2.31. The van der Waals surface area contributed by atoms with Crippen LogP contribution in [0.4, 0.5) is 5.82 Å². The highest BCUT2D eigenvalue weighted by molar-refractivity contribution is 5.90. The van der Waals surface area contributed by atoms with Crippen LogP contribution in [-0.2, 0) is 41.9 Å². The number of ether oxygens (including phenoxy) is 2. The third kappa shape index (κ3) is 9.99. The molecular weight excluding hydrogens is 667 g/mol. The van der Waals surface area contributed by atoms with Gasteiger partial charge in [0.05, 0.1) is 24.3 Å². The number of aryl methyl sites for hydroxylation is 3.